The molecule has 1 aliphatic carbocycles. The van der Waals surface area contributed by atoms with Gasteiger partial charge in [0.1, 0.15) is 5.75 Å². The van der Waals surface area contributed by atoms with E-state index in [2.05, 4.69) is 5.32 Å². The van der Waals surface area contributed by atoms with E-state index in [1.807, 2.05) is 24.3 Å². The Morgan fingerprint density at radius 2 is 1.87 bits per heavy atom. The number of rotatable bonds is 4. The highest BCUT2D eigenvalue weighted by molar-refractivity contribution is 6.00. The first-order valence-electron chi connectivity index (χ1n) is 8.24. The van der Waals surface area contributed by atoms with Crippen LogP contribution >= 0.6 is 0 Å². The van der Waals surface area contributed by atoms with Crippen molar-refractivity contribution >= 4 is 16.7 Å². The number of nitrogens with one attached hydrogen (secondary N) is 1. The Morgan fingerprint density at radius 1 is 1.13 bits per heavy atom. The van der Waals surface area contributed by atoms with Crippen LogP contribution in [-0.2, 0) is 0 Å². The van der Waals surface area contributed by atoms with Gasteiger partial charge in [-0.25, -0.2) is 0 Å². The molecule has 4 heteroatoms. The fraction of sp³-hybridized carbons (Fsp3) is 0.421. The summed E-state index contributed by atoms with van der Waals surface area (Å²) >= 11 is 0. The summed E-state index contributed by atoms with van der Waals surface area (Å²) in [4.78, 5) is 12.4. The van der Waals surface area contributed by atoms with Crippen LogP contribution in [0.1, 0.15) is 42.5 Å². The number of carbonyl (C=O) groups is 1. The van der Waals surface area contributed by atoms with E-state index in [1.54, 1.807) is 6.07 Å². The van der Waals surface area contributed by atoms with Crippen molar-refractivity contribution in [2.75, 3.05) is 13.2 Å². The molecule has 0 bridgehead atoms. The summed E-state index contributed by atoms with van der Waals surface area (Å²) in [5.74, 6) is -0.0905. The topological polar surface area (TPSA) is 69.6 Å². The molecule has 23 heavy (non-hydrogen) atoms. The highest BCUT2D eigenvalue weighted by Gasteiger charge is 2.31. The van der Waals surface area contributed by atoms with Crippen LogP contribution in [0.2, 0.25) is 0 Å². The van der Waals surface area contributed by atoms with Crippen LogP contribution < -0.4 is 5.32 Å². The van der Waals surface area contributed by atoms with Crippen molar-refractivity contribution < 1.29 is 15.0 Å². The van der Waals surface area contributed by atoms with Gasteiger partial charge in [0.2, 0.25) is 0 Å². The molecule has 0 heterocycles. The maximum Gasteiger partial charge on any atom is 0.251 e. The molecule has 2 aromatic rings. The third-order valence-electron chi connectivity index (χ3n) is 4.98. The fourth-order valence-corrected chi connectivity index (χ4v) is 3.48. The summed E-state index contributed by atoms with van der Waals surface area (Å²) in [6.07, 6.45) is 5.31. The lowest BCUT2D eigenvalue weighted by molar-refractivity contribution is 0.0718. The van der Waals surface area contributed by atoms with E-state index in [0.717, 1.165) is 36.5 Å². The van der Waals surface area contributed by atoms with E-state index in [9.17, 15) is 15.0 Å². The predicted octanol–water partition coefficient (Wildman–Crippen LogP) is 3.22. The number of amides is 1. The molecular weight excluding hydrogens is 290 g/mol. The number of benzene rings is 2. The summed E-state index contributed by atoms with van der Waals surface area (Å²) in [6.45, 7) is 0.589. The smallest absolute Gasteiger partial charge is 0.251 e. The molecule has 0 saturated heterocycles. The average Bonchev–Trinajstić information content (AvgIpc) is 2.60. The number of aromatic hydroxyl groups is 1. The fourth-order valence-electron chi connectivity index (χ4n) is 3.48. The van der Waals surface area contributed by atoms with E-state index >= 15 is 0 Å². The summed E-state index contributed by atoms with van der Waals surface area (Å²) < 4.78 is 0. The second-order valence-electron chi connectivity index (χ2n) is 6.62. The number of aliphatic hydroxyl groups excluding tert-OH is 1. The molecule has 0 aromatic heterocycles. The summed E-state index contributed by atoms with van der Waals surface area (Å²) in [5.41, 5.74) is 0.261. The van der Waals surface area contributed by atoms with Gasteiger partial charge in [0.15, 0.2) is 0 Å². The summed E-state index contributed by atoms with van der Waals surface area (Å²) in [6, 6.07) is 10.7. The Bertz CT molecular complexity index is 705. The Labute approximate surface area is 136 Å². The second-order valence-corrected chi connectivity index (χ2v) is 6.62. The summed E-state index contributed by atoms with van der Waals surface area (Å²) in [5, 5.41) is 24.3. The minimum absolute atomic E-state index is 0.107. The number of fused-ring (bicyclic) bond motifs is 1. The molecular formula is C19H23NO3. The monoisotopic (exact) mass is 313 g/mol. The Balaban J connectivity index is 1.75. The van der Waals surface area contributed by atoms with Crippen LogP contribution in [0.25, 0.3) is 10.8 Å². The van der Waals surface area contributed by atoms with Gasteiger partial charge in [-0.3, -0.25) is 4.79 Å². The zero-order valence-electron chi connectivity index (χ0n) is 13.2. The minimum Gasteiger partial charge on any atom is -0.507 e. The van der Waals surface area contributed by atoms with Crippen molar-refractivity contribution in [3.8, 4) is 5.75 Å². The largest absolute Gasteiger partial charge is 0.507 e. The molecule has 1 saturated carbocycles. The van der Waals surface area contributed by atoms with E-state index in [1.165, 1.54) is 12.5 Å². The van der Waals surface area contributed by atoms with Crippen molar-refractivity contribution in [1.82, 2.24) is 5.32 Å². The maximum atomic E-state index is 12.4. The molecule has 4 nitrogen and oxygen atoms in total. The van der Waals surface area contributed by atoms with E-state index in [0.29, 0.717) is 12.1 Å². The normalized spacial score (nSPS) is 17.1. The van der Waals surface area contributed by atoms with Gasteiger partial charge in [0.05, 0.1) is 6.61 Å². The van der Waals surface area contributed by atoms with Gasteiger partial charge in [-0.15, -0.1) is 0 Å². The highest BCUT2D eigenvalue weighted by atomic mass is 16.3. The van der Waals surface area contributed by atoms with Gasteiger partial charge in [0.25, 0.3) is 5.91 Å². The zero-order valence-corrected chi connectivity index (χ0v) is 13.2. The molecule has 0 unspecified atom stereocenters. The summed E-state index contributed by atoms with van der Waals surface area (Å²) in [7, 11) is 0. The molecule has 1 aliphatic rings. The zero-order chi connectivity index (χ0) is 16.3. The SMILES string of the molecule is O=C(NCC1(CO)CCCCC1)c1cc(O)c2ccccc2c1. The van der Waals surface area contributed by atoms with Gasteiger partial charge in [0, 0.05) is 22.9 Å². The lowest BCUT2D eigenvalue weighted by Gasteiger charge is -2.35. The van der Waals surface area contributed by atoms with E-state index < -0.39 is 0 Å². The third kappa shape index (κ3) is 3.32. The highest BCUT2D eigenvalue weighted by Crippen LogP contribution is 2.35. The Kier molecular flexibility index (Phi) is 4.53. The van der Waals surface area contributed by atoms with Crippen LogP contribution in [0, 0.1) is 5.41 Å². The first-order chi connectivity index (χ1) is 11.1. The molecule has 0 aliphatic heterocycles. The van der Waals surface area contributed by atoms with Crippen molar-refractivity contribution in [2.24, 2.45) is 5.41 Å². The third-order valence-corrected chi connectivity index (χ3v) is 4.98. The number of hydrogen-bond acceptors (Lipinski definition) is 3. The number of aliphatic hydroxyl groups is 1. The number of carbonyl (C=O) groups excluding carboxylic acids is 1. The van der Waals surface area contributed by atoms with Gasteiger partial charge >= 0.3 is 0 Å². The van der Waals surface area contributed by atoms with Crippen molar-refractivity contribution in [3.63, 3.8) is 0 Å². The van der Waals surface area contributed by atoms with Crippen LogP contribution in [0.4, 0.5) is 0 Å². The first kappa shape index (κ1) is 15.8. The van der Waals surface area contributed by atoms with Crippen molar-refractivity contribution in [1.29, 1.82) is 0 Å². The molecule has 122 valence electrons. The molecule has 3 N–H and O–H groups in total. The standard InChI is InChI=1S/C19H23NO3/c21-13-19(8-4-1-5-9-19)12-20-18(23)15-10-14-6-2-3-7-16(14)17(22)11-15/h2-3,6-7,10-11,21-22H,1,4-5,8-9,12-13H2,(H,20,23). The van der Waals surface area contributed by atoms with E-state index in [4.69, 9.17) is 0 Å². The molecule has 0 atom stereocenters. The quantitative estimate of drug-likeness (QED) is 0.812. The van der Waals surface area contributed by atoms with Gasteiger partial charge in [-0.1, -0.05) is 43.5 Å². The minimum atomic E-state index is -0.204. The molecule has 0 spiro atoms. The van der Waals surface area contributed by atoms with Gasteiger partial charge in [-0.05, 0) is 30.4 Å². The van der Waals surface area contributed by atoms with Gasteiger partial charge in [-0.2, -0.15) is 0 Å². The van der Waals surface area contributed by atoms with E-state index in [-0.39, 0.29) is 23.7 Å². The number of hydrogen-bond donors (Lipinski definition) is 3. The lowest BCUT2D eigenvalue weighted by Crippen LogP contribution is -2.41. The molecule has 1 amide bonds. The van der Waals surface area contributed by atoms with Crippen LogP contribution in [0.15, 0.2) is 36.4 Å². The van der Waals surface area contributed by atoms with Crippen LogP contribution in [-0.4, -0.2) is 29.3 Å². The second kappa shape index (κ2) is 6.59. The molecule has 3 rings (SSSR count). The number of phenols is 1. The number of phenolic OH excluding ortho intramolecular Hbond substituents is 1. The van der Waals surface area contributed by atoms with Crippen LogP contribution in [0.3, 0.4) is 0 Å². The van der Waals surface area contributed by atoms with Crippen molar-refractivity contribution in [3.05, 3.63) is 42.0 Å². The molecule has 1 fully saturated rings. The Morgan fingerprint density at radius 3 is 2.61 bits per heavy atom. The maximum absolute atomic E-state index is 12.4. The van der Waals surface area contributed by atoms with Gasteiger partial charge < -0.3 is 15.5 Å². The average molecular weight is 313 g/mol. The predicted molar refractivity (Wildman–Crippen MR) is 90.5 cm³/mol. The van der Waals surface area contributed by atoms with Crippen molar-refractivity contribution in [2.45, 2.75) is 32.1 Å². The Hall–Kier alpha value is -2.07. The molecule has 0 radical (unpaired) electrons. The first-order valence-corrected chi connectivity index (χ1v) is 8.24. The lowest BCUT2D eigenvalue weighted by atomic mass is 9.74. The molecule has 2 aromatic carbocycles. The van der Waals surface area contributed by atoms with Crippen LogP contribution in [0.5, 0.6) is 5.75 Å².